The first-order chi connectivity index (χ1) is 24.1. The third kappa shape index (κ3) is 11.2. The van der Waals surface area contributed by atoms with Gasteiger partial charge < -0.3 is 35.6 Å². The molecule has 4 rings (SSSR count). The zero-order valence-corrected chi connectivity index (χ0v) is 28.1. The van der Waals surface area contributed by atoms with E-state index in [0.29, 0.717) is 12.8 Å². The summed E-state index contributed by atoms with van der Waals surface area (Å²) in [4.78, 5) is 79.8. The largest absolute Gasteiger partial charge is 0.468 e. The summed E-state index contributed by atoms with van der Waals surface area (Å²) in [7, 11) is 1.20. The van der Waals surface area contributed by atoms with Crippen LogP contribution in [0.15, 0.2) is 91.0 Å². The average Bonchev–Trinajstić information content (AvgIpc) is 3.63. The average molecular weight is 686 g/mol. The molecular weight excluding hydrogens is 642 g/mol. The van der Waals surface area contributed by atoms with Crippen LogP contribution in [0.1, 0.15) is 36.5 Å². The molecule has 3 aromatic rings. The Hall–Kier alpha value is -5.72. The summed E-state index contributed by atoms with van der Waals surface area (Å²) in [6.07, 6.45) is 0.356. The summed E-state index contributed by atoms with van der Waals surface area (Å²) in [5, 5.41) is 10.5. The predicted octanol–water partition coefficient (Wildman–Crippen LogP) is 2.04. The van der Waals surface area contributed by atoms with Crippen LogP contribution >= 0.6 is 0 Å². The number of nitrogens with one attached hydrogen (secondary N) is 4. The highest BCUT2D eigenvalue weighted by molar-refractivity contribution is 5.96. The van der Waals surface area contributed by atoms with Gasteiger partial charge in [-0.05, 0) is 36.5 Å². The Labute approximate surface area is 291 Å². The highest BCUT2D eigenvalue weighted by atomic mass is 16.5. The summed E-state index contributed by atoms with van der Waals surface area (Å²) < 4.78 is 9.85. The lowest BCUT2D eigenvalue weighted by Crippen LogP contribution is -2.58. The molecule has 1 aliphatic rings. The number of hydrogen-bond donors (Lipinski definition) is 4. The molecule has 4 N–H and O–H groups in total. The van der Waals surface area contributed by atoms with Gasteiger partial charge in [0.2, 0.25) is 23.6 Å². The van der Waals surface area contributed by atoms with E-state index in [1.807, 2.05) is 78.9 Å². The monoisotopic (exact) mass is 685 g/mol. The second kappa shape index (κ2) is 18.7. The van der Waals surface area contributed by atoms with E-state index < -0.39 is 59.9 Å². The number of methoxy groups -OCH3 is 1. The van der Waals surface area contributed by atoms with E-state index >= 15 is 0 Å². The molecule has 1 heterocycles. The SMILES string of the molecule is COC(=O)CNC(=O)[C@H](Cc1ccccc1)NC(=O)[C@@H]1CCCN1C(=O)[C@H](Cc1ccccc1)NC(=O)[C@H](C)NC(=O)OCc1ccccc1. The molecule has 3 aromatic carbocycles. The first-order valence-electron chi connectivity index (χ1n) is 16.5. The van der Waals surface area contributed by atoms with Gasteiger partial charge in [-0.2, -0.15) is 0 Å². The Balaban J connectivity index is 1.45. The number of carbonyl (C=O) groups is 6. The van der Waals surface area contributed by atoms with Crippen LogP contribution in [-0.4, -0.2) is 85.0 Å². The maximum Gasteiger partial charge on any atom is 0.408 e. The number of carbonyl (C=O) groups excluding carboxylic acids is 6. The van der Waals surface area contributed by atoms with Crippen molar-refractivity contribution < 1.29 is 38.2 Å². The van der Waals surface area contributed by atoms with E-state index in [0.717, 1.165) is 16.7 Å². The third-order valence-corrected chi connectivity index (χ3v) is 8.23. The first kappa shape index (κ1) is 37.1. The first-order valence-corrected chi connectivity index (χ1v) is 16.5. The Bertz CT molecular complexity index is 1610. The smallest absolute Gasteiger partial charge is 0.408 e. The van der Waals surface area contributed by atoms with Crippen LogP contribution in [0.25, 0.3) is 0 Å². The molecular formula is C37H43N5O8. The van der Waals surface area contributed by atoms with Crippen LogP contribution in [0, 0.1) is 0 Å². The van der Waals surface area contributed by atoms with Gasteiger partial charge in [0.25, 0.3) is 0 Å². The molecule has 0 bridgehead atoms. The summed E-state index contributed by atoms with van der Waals surface area (Å²) in [5.74, 6) is -2.85. The second-order valence-corrected chi connectivity index (χ2v) is 11.9. The summed E-state index contributed by atoms with van der Waals surface area (Å²) >= 11 is 0. The Morgan fingerprint density at radius 3 is 1.88 bits per heavy atom. The molecule has 0 saturated carbocycles. The molecule has 0 unspecified atom stereocenters. The standard InChI is InChI=1S/C37H43N5O8/c1-25(39-37(48)50-24-28-17-10-5-11-18-28)33(44)41-30(22-27-15-8-4-9-16-27)36(47)42-20-12-19-31(42)35(46)40-29(21-26-13-6-3-7-14-26)34(45)38-23-32(43)49-2/h3-11,13-18,25,29-31H,12,19-24H2,1-2H3,(H,38,45)(H,39,48)(H,40,46)(H,41,44)/t25-,29-,30-,31-/m0/s1. The lowest BCUT2D eigenvalue weighted by Gasteiger charge is -2.30. The van der Waals surface area contributed by atoms with Gasteiger partial charge in [-0.25, -0.2) is 4.79 Å². The number of alkyl carbamates (subject to hydrolysis) is 1. The summed E-state index contributed by atoms with van der Waals surface area (Å²) in [6, 6.07) is 23.2. The van der Waals surface area contributed by atoms with E-state index in [-0.39, 0.29) is 32.5 Å². The number of ether oxygens (including phenoxy) is 2. The number of benzene rings is 3. The molecule has 0 aliphatic carbocycles. The number of esters is 1. The fourth-order valence-corrected chi connectivity index (χ4v) is 5.54. The highest BCUT2D eigenvalue weighted by Crippen LogP contribution is 2.20. The predicted molar refractivity (Wildman–Crippen MR) is 183 cm³/mol. The molecule has 1 aliphatic heterocycles. The van der Waals surface area contributed by atoms with Crippen LogP contribution < -0.4 is 21.3 Å². The molecule has 0 aromatic heterocycles. The fraction of sp³-hybridized carbons (Fsp3) is 0.351. The molecule has 5 amide bonds. The van der Waals surface area contributed by atoms with Gasteiger partial charge in [0, 0.05) is 19.4 Å². The second-order valence-electron chi connectivity index (χ2n) is 11.9. The van der Waals surface area contributed by atoms with E-state index in [1.165, 1.54) is 18.9 Å². The Kier molecular flexibility index (Phi) is 13.9. The maximum atomic E-state index is 14.1. The van der Waals surface area contributed by atoms with Crippen molar-refractivity contribution in [3.63, 3.8) is 0 Å². The van der Waals surface area contributed by atoms with Crippen LogP contribution in [0.4, 0.5) is 4.79 Å². The zero-order valence-electron chi connectivity index (χ0n) is 28.1. The van der Waals surface area contributed by atoms with E-state index in [9.17, 15) is 28.8 Å². The molecule has 0 radical (unpaired) electrons. The van der Waals surface area contributed by atoms with Crippen LogP contribution in [0.2, 0.25) is 0 Å². The van der Waals surface area contributed by atoms with Crippen LogP contribution in [0.5, 0.6) is 0 Å². The van der Waals surface area contributed by atoms with Gasteiger partial charge in [0.1, 0.15) is 37.3 Å². The van der Waals surface area contributed by atoms with Crippen LogP contribution in [-0.2, 0) is 52.9 Å². The summed E-state index contributed by atoms with van der Waals surface area (Å²) in [6.45, 7) is 1.39. The van der Waals surface area contributed by atoms with Gasteiger partial charge >= 0.3 is 12.1 Å². The molecule has 13 heteroatoms. The van der Waals surface area contributed by atoms with Crippen molar-refractivity contribution in [3.05, 3.63) is 108 Å². The van der Waals surface area contributed by atoms with Gasteiger partial charge in [0.15, 0.2) is 0 Å². The Morgan fingerprint density at radius 1 is 0.740 bits per heavy atom. The quantitative estimate of drug-likeness (QED) is 0.176. The lowest BCUT2D eigenvalue weighted by atomic mass is 10.0. The lowest BCUT2D eigenvalue weighted by molar-refractivity contribution is -0.143. The van der Waals surface area contributed by atoms with Crippen molar-refractivity contribution in [2.45, 2.75) is 63.4 Å². The van der Waals surface area contributed by atoms with Crippen LogP contribution in [0.3, 0.4) is 0 Å². The minimum Gasteiger partial charge on any atom is -0.468 e. The summed E-state index contributed by atoms with van der Waals surface area (Å²) in [5.41, 5.74) is 2.34. The number of rotatable bonds is 15. The highest BCUT2D eigenvalue weighted by Gasteiger charge is 2.39. The van der Waals surface area contributed by atoms with Gasteiger partial charge in [0.05, 0.1) is 7.11 Å². The number of amides is 5. The number of hydrogen-bond acceptors (Lipinski definition) is 8. The third-order valence-electron chi connectivity index (χ3n) is 8.23. The van der Waals surface area contributed by atoms with Gasteiger partial charge in [-0.15, -0.1) is 0 Å². The molecule has 1 saturated heterocycles. The minimum absolute atomic E-state index is 0.0215. The van der Waals surface area contributed by atoms with E-state index in [1.54, 1.807) is 12.1 Å². The number of nitrogens with zero attached hydrogens (tertiary/aromatic N) is 1. The molecule has 13 nitrogen and oxygen atoms in total. The zero-order chi connectivity index (χ0) is 35.9. The molecule has 1 fully saturated rings. The molecule has 50 heavy (non-hydrogen) atoms. The van der Waals surface area contributed by atoms with Crippen molar-refractivity contribution in [2.24, 2.45) is 0 Å². The normalized spacial score (nSPS) is 15.5. The van der Waals surface area contributed by atoms with E-state index in [4.69, 9.17) is 4.74 Å². The van der Waals surface area contributed by atoms with Gasteiger partial charge in [-0.1, -0.05) is 91.0 Å². The van der Waals surface area contributed by atoms with Crippen molar-refractivity contribution in [3.8, 4) is 0 Å². The minimum atomic E-state index is -1.06. The van der Waals surface area contributed by atoms with Crippen molar-refractivity contribution >= 4 is 35.7 Å². The van der Waals surface area contributed by atoms with Gasteiger partial charge in [-0.3, -0.25) is 24.0 Å². The molecule has 4 atom stereocenters. The maximum absolute atomic E-state index is 14.1. The van der Waals surface area contributed by atoms with Crippen molar-refractivity contribution in [1.82, 2.24) is 26.2 Å². The van der Waals surface area contributed by atoms with Crippen molar-refractivity contribution in [2.75, 3.05) is 20.2 Å². The number of likely N-dealkylation sites (tertiary alicyclic amines) is 1. The van der Waals surface area contributed by atoms with E-state index in [2.05, 4.69) is 26.0 Å². The molecule has 0 spiro atoms. The molecule has 264 valence electrons. The van der Waals surface area contributed by atoms with Crippen molar-refractivity contribution in [1.29, 1.82) is 0 Å². The fourth-order valence-electron chi connectivity index (χ4n) is 5.54. The Morgan fingerprint density at radius 2 is 1.30 bits per heavy atom. The topological polar surface area (TPSA) is 172 Å².